The molecule has 0 aromatic carbocycles. The largest absolute Gasteiger partial charge is 0.477 e. The average molecular weight is 579 g/mol. The number of aliphatic carboxylic acids is 1. The number of fused-ring (bicyclic) bond motifs is 1. The number of carbonyl (C=O) groups is 3. The Morgan fingerprint density at radius 1 is 1.39 bits per heavy atom. The molecule has 18 heteroatoms. The first-order valence-electron chi connectivity index (χ1n) is 10.9. The second-order valence-electron chi connectivity index (χ2n) is 8.47. The molecule has 5 rings (SSSR count). The minimum Gasteiger partial charge on any atom is -0.477 e. The smallest absolute Gasteiger partial charge is 0.353 e. The summed E-state index contributed by atoms with van der Waals surface area (Å²) in [7, 11) is 1.26. The van der Waals surface area contributed by atoms with Gasteiger partial charge in [0.25, 0.3) is 11.8 Å². The normalized spacial score (nSPS) is 23.0. The molecular formula is C20H18N8O7S3. The SMILES string of the molecule is Cn1c(C2=C(C(=O)O)N3C(=O)[C@@](C=S)(NC(=O)C(=NOC4CC4)c4csc(N)n4)[C@@H]3SC2)n[nH]c(=O)c1=O. The lowest BCUT2D eigenvalue weighted by molar-refractivity contribution is -0.153. The summed E-state index contributed by atoms with van der Waals surface area (Å²) in [5.74, 6) is -3.26. The average Bonchev–Trinajstić information content (AvgIpc) is 3.63. The predicted octanol–water partition coefficient (Wildman–Crippen LogP) is -1.34. The number of anilines is 1. The van der Waals surface area contributed by atoms with Crippen molar-refractivity contribution in [1.29, 1.82) is 0 Å². The number of aromatic nitrogens is 4. The number of nitrogens with zero attached hydrogens (tertiary/aromatic N) is 5. The van der Waals surface area contributed by atoms with E-state index in [0.29, 0.717) is 0 Å². The summed E-state index contributed by atoms with van der Waals surface area (Å²) in [5, 5.41) is 24.2. The fraction of sp³-hybridized carbons (Fsp3) is 0.350. The Bertz CT molecular complexity index is 1570. The van der Waals surface area contributed by atoms with E-state index in [9.17, 15) is 29.1 Å². The fourth-order valence-corrected chi connectivity index (χ4v) is 6.25. The number of rotatable bonds is 8. The van der Waals surface area contributed by atoms with Gasteiger partial charge in [-0.2, -0.15) is 5.10 Å². The van der Waals surface area contributed by atoms with Gasteiger partial charge in [-0.05, 0) is 12.8 Å². The van der Waals surface area contributed by atoms with E-state index in [1.165, 1.54) is 12.4 Å². The maximum absolute atomic E-state index is 13.5. The van der Waals surface area contributed by atoms with Gasteiger partial charge in [0, 0.05) is 29.1 Å². The Kier molecular flexibility index (Phi) is 6.40. The molecule has 1 saturated heterocycles. The molecule has 15 nitrogen and oxygen atoms in total. The second-order valence-corrected chi connectivity index (χ2v) is 10.7. The van der Waals surface area contributed by atoms with Crippen LogP contribution in [0.2, 0.25) is 0 Å². The fourth-order valence-electron chi connectivity index (χ4n) is 3.90. The molecular weight excluding hydrogens is 560 g/mol. The van der Waals surface area contributed by atoms with Crippen molar-refractivity contribution in [3.8, 4) is 0 Å². The number of nitrogens with one attached hydrogen (secondary N) is 2. The number of carboxylic acid groups (broad SMARTS) is 1. The number of β-lactam (4-membered cyclic amide) rings is 1. The van der Waals surface area contributed by atoms with Crippen LogP contribution in [0.3, 0.4) is 0 Å². The molecule has 2 aliphatic heterocycles. The molecule has 2 fully saturated rings. The number of thioether (sulfide) groups is 1. The number of nitrogens with two attached hydrogens (primary N) is 1. The zero-order chi connectivity index (χ0) is 27.4. The van der Waals surface area contributed by atoms with E-state index < -0.39 is 45.5 Å². The van der Waals surface area contributed by atoms with Crippen molar-refractivity contribution in [2.45, 2.75) is 29.9 Å². The number of aromatic amines is 1. The maximum atomic E-state index is 13.5. The molecule has 38 heavy (non-hydrogen) atoms. The van der Waals surface area contributed by atoms with Gasteiger partial charge in [-0.25, -0.2) is 14.9 Å². The van der Waals surface area contributed by atoms with Crippen LogP contribution in [0.25, 0.3) is 5.57 Å². The quantitative estimate of drug-likeness (QED) is 0.0941. The highest BCUT2D eigenvalue weighted by atomic mass is 32.2. The number of hydrogen-bond donors (Lipinski definition) is 4. The summed E-state index contributed by atoms with van der Waals surface area (Å²) < 4.78 is 0.901. The Morgan fingerprint density at radius 3 is 2.74 bits per heavy atom. The number of amides is 2. The Hall–Kier alpha value is -3.90. The van der Waals surface area contributed by atoms with E-state index in [2.05, 4.69) is 20.6 Å². The standard InChI is InChI=1S/C20H18N8O7S3/c1-27-12(24-25-14(30)15(27)31)8-4-37-18-20(6-36,17(34)28(18)11(8)16(32)33)23-13(29)10(26-35-7-2-3-7)9-5-38-19(21)22-9/h5-7,18H,2-4H2,1H3,(H2,21,22)(H,23,29)(H,25,30)(H,32,33)/t18-,20+/m0/s1. The van der Waals surface area contributed by atoms with Gasteiger partial charge in [-0.1, -0.05) is 17.4 Å². The third kappa shape index (κ3) is 4.09. The van der Waals surface area contributed by atoms with E-state index in [4.69, 9.17) is 22.8 Å². The molecule has 198 valence electrons. The summed E-state index contributed by atoms with van der Waals surface area (Å²) >= 11 is 7.32. The minimum absolute atomic E-state index is 0.0302. The van der Waals surface area contributed by atoms with E-state index in [1.54, 1.807) is 0 Å². The maximum Gasteiger partial charge on any atom is 0.353 e. The van der Waals surface area contributed by atoms with Crippen molar-refractivity contribution in [2.75, 3.05) is 11.5 Å². The molecule has 1 aliphatic carbocycles. The Morgan fingerprint density at radius 2 is 2.13 bits per heavy atom. The van der Waals surface area contributed by atoms with Gasteiger partial charge in [-0.15, -0.1) is 23.1 Å². The van der Waals surface area contributed by atoms with E-state index >= 15 is 0 Å². The summed E-state index contributed by atoms with van der Waals surface area (Å²) in [6.45, 7) is 0. The summed E-state index contributed by atoms with van der Waals surface area (Å²) in [6.07, 6.45) is 1.45. The number of nitrogen functional groups attached to an aromatic ring is 1. The van der Waals surface area contributed by atoms with Crippen LogP contribution in [-0.4, -0.2) is 81.4 Å². The van der Waals surface area contributed by atoms with Crippen molar-refractivity contribution in [1.82, 2.24) is 30.0 Å². The number of hydrogen-bond acceptors (Lipinski definition) is 13. The van der Waals surface area contributed by atoms with Crippen LogP contribution in [0.15, 0.2) is 25.8 Å². The van der Waals surface area contributed by atoms with Gasteiger partial charge in [0.1, 0.15) is 22.9 Å². The van der Waals surface area contributed by atoms with Gasteiger partial charge >= 0.3 is 17.1 Å². The monoisotopic (exact) mass is 578 g/mol. The molecule has 0 spiro atoms. The summed E-state index contributed by atoms with van der Waals surface area (Å²) in [5.41, 5.74) is 1.53. The molecule has 0 bridgehead atoms. The topological polar surface area (TPSA) is 215 Å². The van der Waals surface area contributed by atoms with Crippen LogP contribution in [0.5, 0.6) is 0 Å². The molecule has 5 N–H and O–H groups in total. The van der Waals surface area contributed by atoms with Gasteiger partial charge in [0.15, 0.2) is 22.2 Å². The first-order valence-corrected chi connectivity index (χ1v) is 13.3. The second kappa shape index (κ2) is 9.44. The van der Waals surface area contributed by atoms with Crippen molar-refractivity contribution >= 4 is 74.9 Å². The highest BCUT2D eigenvalue weighted by molar-refractivity contribution is 8.00. The van der Waals surface area contributed by atoms with Crippen LogP contribution in [0.1, 0.15) is 24.4 Å². The number of thiazole rings is 1. The van der Waals surface area contributed by atoms with Crippen LogP contribution in [0.4, 0.5) is 5.13 Å². The number of carbonyl (C=O) groups excluding carboxylic acids is 2. The first kappa shape index (κ1) is 25.7. The Balaban J connectivity index is 1.49. The van der Waals surface area contributed by atoms with Gasteiger partial charge < -0.3 is 21.0 Å². The third-order valence-electron chi connectivity index (χ3n) is 5.96. The lowest BCUT2D eigenvalue weighted by atomic mass is 9.87. The van der Waals surface area contributed by atoms with E-state index in [-0.39, 0.29) is 39.8 Å². The van der Waals surface area contributed by atoms with Gasteiger partial charge in [0.2, 0.25) is 0 Å². The van der Waals surface area contributed by atoms with Crippen LogP contribution >= 0.6 is 35.3 Å². The van der Waals surface area contributed by atoms with Gasteiger partial charge in [0.05, 0.1) is 0 Å². The van der Waals surface area contributed by atoms with Crippen molar-refractivity contribution in [2.24, 2.45) is 12.2 Å². The van der Waals surface area contributed by atoms with Crippen molar-refractivity contribution in [3.05, 3.63) is 43.3 Å². The third-order valence-corrected chi connectivity index (χ3v) is 8.36. The number of thiocarbonyl (C=S) groups is 1. The highest BCUT2D eigenvalue weighted by Gasteiger charge is 2.65. The molecule has 2 aromatic rings. The Labute approximate surface area is 225 Å². The van der Waals surface area contributed by atoms with Crippen molar-refractivity contribution < 1.29 is 24.3 Å². The lowest BCUT2D eigenvalue weighted by Gasteiger charge is -2.55. The number of carboxylic acids is 1. The lowest BCUT2D eigenvalue weighted by Crippen LogP contribution is -2.80. The van der Waals surface area contributed by atoms with Crippen LogP contribution in [0, 0.1) is 0 Å². The highest BCUT2D eigenvalue weighted by Crippen LogP contribution is 2.47. The molecule has 4 heterocycles. The summed E-state index contributed by atoms with van der Waals surface area (Å²) in [6, 6.07) is 0. The molecule has 2 aromatic heterocycles. The molecule has 0 radical (unpaired) electrons. The summed E-state index contributed by atoms with van der Waals surface area (Å²) in [4.78, 5) is 73.2. The van der Waals surface area contributed by atoms with Crippen LogP contribution in [-0.2, 0) is 26.3 Å². The minimum atomic E-state index is -1.75. The zero-order valence-electron chi connectivity index (χ0n) is 19.4. The number of H-pyrrole nitrogens is 1. The predicted molar refractivity (Wildman–Crippen MR) is 139 cm³/mol. The number of oxime groups is 1. The molecule has 3 aliphatic rings. The molecule has 1 saturated carbocycles. The molecule has 2 atom stereocenters. The van der Waals surface area contributed by atoms with Crippen LogP contribution < -0.4 is 22.2 Å². The van der Waals surface area contributed by atoms with Gasteiger partial charge in [-0.3, -0.25) is 28.6 Å². The molecule has 0 unspecified atom stereocenters. The zero-order valence-corrected chi connectivity index (χ0v) is 21.8. The van der Waals surface area contributed by atoms with Crippen molar-refractivity contribution in [3.63, 3.8) is 0 Å². The molecule has 2 amide bonds. The first-order chi connectivity index (χ1) is 18.1. The van der Waals surface area contributed by atoms with E-state index in [1.807, 2.05) is 5.10 Å². The van der Waals surface area contributed by atoms with E-state index in [0.717, 1.165) is 50.8 Å².